The minimum absolute atomic E-state index is 0.690. The molecular formula is C22H31ClO2. The highest BCUT2D eigenvalue weighted by molar-refractivity contribution is 6.17. The van der Waals surface area contributed by atoms with Crippen LogP contribution in [0.1, 0.15) is 58.3 Å². The second-order valence-corrected chi connectivity index (χ2v) is 6.85. The Morgan fingerprint density at radius 3 is 1.76 bits per heavy atom. The maximum absolute atomic E-state index is 6.05. The summed E-state index contributed by atoms with van der Waals surface area (Å²) in [5, 5.41) is 2.25. The molecule has 0 N–H and O–H groups in total. The largest absolute Gasteiger partial charge is 0.493 e. The first-order chi connectivity index (χ1) is 12.4. The molecule has 0 radical (unpaired) electrons. The fraction of sp³-hybridized carbons (Fsp3) is 0.545. The SMILES string of the molecule is CCCCCCCCOc1ccc(OCCCCCl)c2ccccc12. The van der Waals surface area contributed by atoms with E-state index in [1.54, 1.807) is 0 Å². The van der Waals surface area contributed by atoms with Crippen LogP contribution in [-0.2, 0) is 0 Å². The van der Waals surface area contributed by atoms with Gasteiger partial charge in [-0.3, -0.25) is 0 Å². The van der Waals surface area contributed by atoms with E-state index < -0.39 is 0 Å². The molecular weight excluding hydrogens is 332 g/mol. The van der Waals surface area contributed by atoms with Gasteiger partial charge in [-0.05, 0) is 31.4 Å². The number of fused-ring (bicyclic) bond motifs is 1. The Hall–Kier alpha value is -1.41. The number of ether oxygens (including phenoxy) is 2. The second-order valence-electron chi connectivity index (χ2n) is 6.47. The smallest absolute Gasteiger partial charge is 0.127 e. The summed E-state index contributed by atoms with van der Waals surface area (Å²) in [6.07, 6.45) is 9.63. The molecule has 138 valence electrons. The molecule has 0 fully saturated rings. The predicted octanol–water partition coefficient (Wildman–Crippen LogP) is 6.98. The summed E-state index contributed by atoms with van der Waals surface area (Å²) in [5.74, 6) is 2.57. The quantitative estimate of drug-likeness (QED) is 0.282. The van der Waals surface area contributed by atoms with Crippen molar-refractivity contribution in [2.75, 3.05) is 19.1 Å². The van der Waals surface area contributed by atoms with Gasteiger partial charge in [0.05, 0.1) is 13.2 Å². The van der Waals surface area contributed by atoms with Crippen LogP contribution in [0.4, 0.5) is 0 Å². The molecule has 2 nitrogen and oxygen atoms in total. The molecule has 0 atom stereocenters. The first kappa shape index (κ1) is 19.9. The lowest BCUT2D eigenvalue weighted by atomic mass is 10.1. The lowest BCUT2D eigenvalue weighted by Gasteiger charge is -2.13. The Morgan fingerprint density at radius 1 is 0.680 bits per heavy atom. The lowest BCUT2D eigenvalue weighted by molar-refractivity contribution is 0.303. The van der Waals surface area contributed by atoms with E-state index in [0.29, 0.717) is 12.5 Å². The molecule has 0 heterocycles. The van der Waals surface area contributed by atoms with E-state index in [4.69, 9.17) is 21.1 Å². The van der Waals surface area contributed by atoms with E-state index in [9.17, 15) is 0 Å². The summed E-state index contributed by atoms with van der Waals surface area (Å²) >= 11 is 5.72. The van der Waals surface area contributed by atoms with Crippen molar-refractivity contribution in [1.82, 2.24) is 0 Å². The van der Waals surface area contributed by atoms with E-state index in [2.05, 4.69) is 25.1 Å². The van der Waals surface area contributed by atoms with Gasteiger partial charge >= 0.3 is 0 Å². The van der Waals surface area contributed by atoms with Crippen LogP contribution in [0.3, 0.4) is 0 Å². The van der Waals surface area contributed by atoms with Crippen LogP contribution in [0.15, 0.2) is 36.4 Å². The predicted molar refractivity (Wildman–Crippen MR) is 108 cm³/mol. The molecule has 2 aromatic rings. The fourth-order valence-corrected chi connectivity index (χ4v) is 3.13. The van der Waals surface area contributed by atoms with Crippen LogP contribution in [0.25, 0.3) is 10.8 Å². The summed E-state index contributed by atoms with van der Waals surface area (Å²) in [5.41, 5.74) is 0. The zero-order valence-corrected chi connectivity index (χ0v) is 16.2. The zero-order chi connectivity index (χ0) is 17.7. The number of hydrogen-bond donors (Lipinski definition) is 0. The third-order valence-electron chi connectivity index (χ3n) is 4.39. The Labute approximate surface area is 157 Å². The molecule has 0 spiro atoms. The first-order valence-corrected chi connectivity index (χ1v) is 10.2. The molecule has 0 unspecified atom stereocenters. The summed E-state index contributed by atoms with van der Waals surface area (Å²) in [7, 11) is 0. The van der Waals surface area contributed by atoms with Gasteiger partial charge in [0.25, 0.3) is 0 Å². The van der Waals surface area contributed by atoms with Crippen LogP contribution in [0.2, 0.25) is 0 Å². The van der Waals surface area contributed by atoms with E-state index in [-0.39, 0.29) is 0 Å². The van der Waals surface area contributed by atoms with Crippen LogP contribution >= 0.6 is 11.6 Å². The Morgan fingerprint density at radius 2 is 1.20 bits per heavy atom. The molecule has 0 aliphatic carbocycles. The zero-order valence-electron chi connectivity index (χ0n) is 15.4. The first-order valence-electron chi connectivity index (χ1n) is 9.70. The van der Waals surface area contributed by atoms with E-state index >= 15 is 0 Å². The van der Waals surface area contributed by atoms with Gasteiger partial charge in [-0.2, -0.15) is 0 Å². The normalized spacial score (nSPS) is 11.0. The van der Waals surface area contributed by atoms with Gasteiger partial charge in [0.1, 0.15) is 11.5 Å². The number of alkyl halides is 1. The molecule has 0 saturated carbocycles. The molecule has 3 heteroatoms. The van der Waals surface area contributed by atoms with Crippen LogP contribution in [0.5, 0.6) is 11.5 Å². The average molecular weight is 363 g/mol. The maximum atomic E-state index is 6.05. The Balaban J connectivity index is 1.90. The van der Waals surface area contributed by atoms with E-state index in [1.165, 1.54) is 32.1 Å². The molecule has 0 bridgehead atoms. The van der Waals surface area contributed by atoms with Gasteiger partial charge in [0.2, 0.25) is 0 Å². The number of rotatable bonds is 13. The lowest BCUT2D eigenvalue weighted by Crippen LogP contribution is -2.00. The highest BCUT2D eigenvalue weighted by atomic mass is 35.5. The minimum Gasteiger partial charge on any atom is -0.493 e. The summed E-state index contributed by atoms with van der Waals surface area (Å²) in [6, 6.07) is 12.4. The average Bonchev–Trinajstić information content (AvgIpc) is 2.65. The number of unbranched alkanes of at least 4 members (excludes halogenated alkanes) is 6. The molecule has 0 aromatic heterocycles. The van der Waals surface area contributed by atoms with Gasteiger partial charge in [0.15, 0.2) is 0 Å². The standard InChI is InChI=1S/C22H31ClO2/c1-2-3-4-5-6-10-17-24-21-14-15-22(25-18-11-9-16-23)20-13-8-7-12-19(20)21/h7-8,12-15H,2-6,9-11,16-18H2,1H3. The molecule has 2 aromatic carbocycles. The van der Waals surface area contributed by atoms with Crippen molar-refractivity contribution in [2.45, 2.75) is 58.3 Å². The summed E-state index contributed by atoms with van der Waals surface area (Å²) in [4.78, 5) is 0. The van der Waals surface area contributed by atoms with Crippen LogP contribution < -0.4 is 9.47 Å². The molecule has 0 saturated heterocycles. The topological polar surface area (TPSA) is 18.5 Å². The molecule has 25 heavy (non-hydrogen) atoms. The maximum Gasteiger partial charge on any atom is 0.127 e. The third-order valence-corrected chi connectivity index (χ3v) is 4.65. The van der Waals surface area contributed by atoms with Crippen molar-refractivity contribution < 1.29 is 9.47 Å². The second kappa shape index (κ2) is 12.0. The third kappa shape index (κ3) is 6.78. The highest BCUT2D eigenvalue weighted by Crippen LogP contribution is 2.33. The molecule has 0 aliphatic rings. The minimum atomic E-state index is 0.690. The summed E-state index contributed by atoms with van der Waals surface area (Å²) < 4.78 is 12.0. The number of halogens is 1. The van der Waals surface area contributed by atoms with E-state index in [0.717, 1.165) is 48.1 Å². The highest BCUT2D eigenvalue weighted by Gasteiger charge is 2.07. The van der Waals surface area contributed by atoms with Crippen LogP contribution in [0, 0.1) is 0 Å². The fourth-order valence-electron chi connectivity index (χ4n) is 2.94. The van der Waals surface area contributed by atoms with Crippen molar-refractivity contribution in [3.63, 3.8) is 0 Å². The van der Waals surface area contributed by atoms with Gasteiger partial charge in [-0.25, -0.2) is 0 Å². The van der Waals surface area contributed by atoms with Gasteiger partial charge in [-0.1, -0.05) is 63.3 Å². The molecule has 2 rings (SSSR count). The van der Waals surface area contributed by atoms with Crippen molar-refractivity contribution in [2.24, 2.45) is 0 Å². The monoisotopic (exact) mass is 362 g/mol. The molecule has 0 aliphatic heterocycles. The van der Waals surface area contributed by atoms with Crippen molar-refractivity contribution in [3.05, 3.63) is 36.4 Å². The van der Waals surface area contributed by atoms with Gasteiger partial charge in [-0.15, -0.1) is 11.6 Å². The number of hydrogen-bond acceptors (Lipinski definition) is 2. The van der Waals surface area contributed by atoms with Crippen molar-refractivity contribution in [3.8, 4) is 11.5 Å². The van der Waals surface area contributed by atoms with Crippen molar-refractivity contribution >= 4 is 22.4 Å². The summed E-state index contributed by atoms with van der Waals surface area (Å²) in [6.45, 7) is 3.74. The van der Waals surface area contributed by atoms with E-state index in [1.807, 2.05) is 18.2 Å². The molecule has 0 amide bonds. The Kier molecular flexibility index (Phi) is 9.58. The van der Waals surface area contributed by atoms with Gasteiger partial charge < -0.3 is 9.47 Å². The van der Waals surface area contributed by atoms with Gasteiger partial charge in [0, 0.05) is 16.7 Å². The van der Waals surface area contributed by atoms with Crippen LogP contribution in [-0.4, -0.2) is 19.1 Å². The Bertz CT molecular complexity index is 612. The van der Waals surface area contributed by atoms with Crippen molar-refractivity contribution in [1.29, 1.82) is 0 Å². The number of benzene rings is 2.